The van der Waals surface area contributed by atoms with Crippen molar-refractivity contribution >= 4 is 15.8 Å². The molecule has 0 amide bonds. The van der Waals surface area contributed by atoms with Crippen molar-refractivity contribution in [1.82, 2.24) is 14.2 Å². The number of pyridine rings is 1. The monoisotopic (exact) mass is 394 g/mol. The first-order valence-electron chi connectivity index (χ1n) is 9.94. The van der Waals surface area contributed by atoms with E-state index < -0.39 is 10.0 Å². The Morgan fingerprint density at radius 3 is 2.48 bits per heavy atom. The van der Waals surface area contributed by atoms with Gasteiger partial charge in [0.05, 0.1) is 11.9 Å². The number of piperidine rings is 1. The van der Waals surface area contributed by atoms with E-state index in [-0.39, 0.29) is 5.60 Å². The van der Waals surface area contributed by atoms with E-state index in [0.717, 1.165) is 64.3 Å². The second-order valence-corrected chi connectivity index (χ2v) is 10.0. The standard InChI is InChI=1S/C19H30N4O3S/c1-27(24,25)23-9-6-19(7-10-23)16-17(5-15-26-19)21-11-13-22(14-12-21)18-4-2-3-8-20-18/h2-4,8,17H,5-7,9-16H2,1H3/t17-/m1/s1. The Labute approximate surface area is 162 Å². The summed E-state index contributed by atoms with van der Waals surface area (Å²) >= 11 is 0. The van der Waals surface area contributed by atoms with E-state index in [0.29, 0.717) is 19.1 Å². The zero-order chi connectivity index (χ0) is 18.9. The summed E-state index contributed by atoms with van der Waals surface area (Å²) in [4.78, 5) is 9.43. The summed E-state index contributed by atoms with van der Waals surface area (Å²) < 4.78 is 31.4. The first-order chi connectivity index (χ1) is 13.0. The smallest absolute Gasteiger partial charge is 0.211 e. The van der Waals surface area contributed by atoms with Gasteiger partial charge in [-0.3, -0.25) is 4.90 Å². The number of rotatable bonds is 3. The van der Waals surface area contributed by atoms with Gasteiger partial charge in [-0.05, 0) is 37.8 Å². The lowest BCUT2D eigenvalue weighted by atomic mass is 9.82. The van der Waals surface area contributed by atoms with Crippen LogP contribution < -0.4 is 4.90 Å². The molecule has 3 aliphatic rings. The molecule has 0 radical (unpaired) electrons. The Bertz CT molecular complexity index is 727. The molecule has 8 heteroatoms. The number of nitrogens with zero attached hydrogens (tertiary/aromatic N) is 4. The molecule has 0 unspecified atom stereocenters. The van der Waals surface area contributed by atoms with E-state index in [1.165, 1.54) is 6.26 Å². The summed E-state index contributed by atoms with van der Waals surface area (Å²) in [5.74, 6) is 1.06. The fraction of sp³-hybridized carbons (Fsp3) is 0.737. The van der Waals surface area contributed by atoms with Crippen LogP contribution in [0.15, 0.2) is 24.4 Å². The Morgan fingerprint density at radius 2 is 1.85 bits per heavy atom. The molecule has 0 saturated carbocycles. The lowest BCUT2D eigenvalue weighted by Crippen LogP contribution is -2.57. The summed E-state index contributed by atoms with van der Waals surface area (Å²) in [5, 5.41) is 0. The van der Waals surface area contributed by atoms with Gasteiger partial charge in [-0.2, -0.15) is 0 Å². The highest BCUT2D eigenvalue weighted by molar-refractivity contribution is 7.88. The van der Waals surface area contributed by atoms with Gasteiger partial charge in [-0.25, -0.2) is 17.7 Å². The minimum atomic E-state index is -3.09. The zero-order valence-electron chi connectivity index (χ0n) is 16.1. The van der Waals surface area contributed by atoms with E-state index in [4.69, 9.17) is 4.74 Å². The molecule has 150 valence electrons. The number of sulfonamides is 1. The molecular weight excluding hydrogens is 364 g/mol. The van der Waals surface area contributed by atoms with Gasteiger partial charge in [0.2, 0.25) is 10.0 Å². The molecule has 1 aromatic rings. The predicted molar refractivity (Wildman–Crippen MR) is 105 cm³/mol. The summed E-state index contributed by atoms with van der Waals surface area (Å²) in [6.07, 6.45) is 6.87. The number of piperazine rings is 1. The molecule has 7 nitrogen and oxygen atoms in total. The Balaban J connectivity index is 1.33. The SMILES string of the molecule is CS(=O)(=O)N1CCC2(CC1)C[C@H](N1CCN(c3ccccn3)CC1)CCO2. The third-order valence-corrected chi connectivity index (χ3v) is 7.68. The summed E-state index contributed by atoms with van der Waals surface area (Å²) in [7, 11) is -3.09. The first kappa shape index (κ1) is 19.1. The van der Waals surface area contributed by atoms with Gasteiger partial charge < -0.3 is 9.64 Å². The van der Waals surface area contributed by atoms with Crippen LogP contribution in [0, 0.1) is 0 Å². The van der Waals surface area contributed by atoms with Crippen molar-refractivity contribution in [2.45, 2.75) is 37.3 Å². The van der Waals surface area contributed by atoms with E-state index >= 15 is 0 Å². The van der Waals surface area contributed by atoms with Crippen LogP contribution in [0.1, 0.15) is 25.7 Å². The Hall–Kier alpha value is -1.22. The van der Waals surface area contributed by atoms with Gasteiger partial charge in [0.1, 0.15) is 5.82 Å². The number of hydrogen-bond acceptors (Lipinski definition) is 6. The van der Waals surface area contributed by atoms with Crippen LogP contribution in [0.4, 0.5) is 5.82 Å². The topological polar surface area (TPSA) is 66.0 Å². The molecule has 1 spiro atoms. The van der Waals surface area contributed by atoms with Crippen molar-refractivity contribution in [3.8, 4) is 0 Å². The molecule has 0 aliphatic carbocycles. The van der Waals surface area contributed by atoms with Crippen molar-refractivity contribution < 1.29 is 13.2 Å². The predicted octanol–water partition coefficient (Wildman–Crippen LogP) is 1.18. The van der Waals surface area contributed by atoms with Crippen LogP contribution in [0.5, 0.6) is 0 Å². The molecule has 3 fully saturated rings. The van der Waals surface area contributed by atoms with Crippen LogP contribution in [0.3, 0.4) is 0 Å². The maximum atomic E-state index is 11.8. The van der Waals surface area contributed by atoms with Gasteiger partial charge >= 0.3 is 0 Å². The lowest BCUT2D eigenvalue weighted by molar-refractivity contribution is -0.127. The molecule has 4 rings (SSSR count). The number of ether oxygens (including phenoxy) is 1. The highest BCUT2D eigenvalue weighted by Crippen LogP contribution is 2.37. The van der Waals surface area contributed by atoms with E-state index in [9.17, 15) is 8.42 Å². The normalized spacial score (nSPS) is 27.7. The van der Waals surface area contributed by atoms with Gasteiger partial charge in [0, 0.05) is 58.1 Å². The van der Waals surface area contributed by atoms with Crippen LogP contribution in [0.25, 0.3) is 0 Å². The van der Waals surface area contributed by atoms with Crippen molar-refractivity contribution in [3.63, 3.8) is 0 Å². The highest BCUT2D eigenvalue weighted by Gasteiger charge is 2.43. The second-order valence-electron chi connectivity index (χ2n) is 8.05. The zero-order valence-corrected chi connectivity index (χ0v) is 16.9. The van der Waals surface area contributed by atoms with Crippen LogP contribution in [-0.2, 0) is 14.8 Å². The van der Waals surface area contributed by atoms with Crippen molar-refractivity contribution in [3.05, 3.63) is 24.4 Å². The van der Waals surface area contributed by atoms with Crippen molar-refractivity contribution in [2.75, 3.05) is 57.0 Å². The minimum Gasteiger partial charge on any atom is -0.375 e. The molecule has 0 bridgehead atoms. The van der Waals surface area contributed by atoms with Crippen molar-refractivity contribution in [1.29, 1.82) is 0 Å². The molecule has 0 N–H and O–H groups in total. The minimum absolute atomic E-state index is 0.137. The summed E-state index contributed by atoms with van der Waals surface area (Å²) in [6.45, 7) is 6.05. The van der Waals surface area contributed by atoms with Crippen LogP contribution in [0.2, 0.25) is 0 Å². The molecule has 1 atom stereocenters. The van der Waals surface area contributed by atoms with Crippen LogP contribution in [-0.4, -0.2) is 86.4 Å². The van der Waals surface area contributed by atoms with Gasteiger partial charge in [-0.15, -0.1) is 0 Å². The van der Waals surface area contributed by atoms with Gasteiger partial charge in [-0.1, -0.05) is 6.07 Å². The molecule has 4 heterocycles. The molecule has 3 aliphatic heterocycles. The van der Waals surface area contributed by atoms with Crippen LogP contribution >= 0.6 is 0 Å². The third-order valence-electron chi connectivity index (χ3n) is 6.37. The molecular formula is C19H30N4O3S. The molecule has 3 saturated heterocycles. The fourth-order valence-electron chi connectivity index (χ4n) is 4.74. The quantitative estimate of drug-likeness (QED) is 0.767. The molecule has 1 aromatic heterocycles. The van der Waals surface area contributed by atoms with Crippen molar-refractivity contribution in [2.24, 2.45) is 0 Å². The maximum absolute atomic E-state index is 11.8. The number of aromatic nitrogens is 1. The van der Waals surface area contributed by atoms with E-state index in [2.05, 4.69) is 20.9 Å². The maximum Gasteiger partial charge on any atom is 0.211 e. The molecule has 27 heavy (non-hydrogen) atoms. The Morgan fingerprint density at radius 1 is 1.11 bits per heavy atom. The first-order valence-corrected chi connectivity index (χ1v) is 11.8. The average Bonchev–Trinajstić information content (AvgIpc) is 2.68. The van der Waals surface area contributed by atoms with E-state index in [1.54, 1.807) is 4.31 Å². The number of anilines is 1. The van der Waals surface area contributed by atoms with E-state index in [1.807, 2.05) is 18.3 Å². The average molecular weight is 395 g/mol. The van der Waals surface area contributed by atoms with Gasteiger partial charge in [0.15, 0.2) is 0 Å². The summed E-state index contributed by atoms with van der Waals surface area (Å²) in [5.41, 5.74) is -0.137. The second kappa shape index (κ2) is 7.66. The molecule has 0 aromatic carbocycles. The third kappa shape index (κ3) is 4.29. The lowest BCUT2D eigenvalue weighted by Gasteiger charge is -2.49. The number of hydrogen-bond donors (Lipinski definition) is 0. The largest absolute Gasteiger partial charge is 0.375 e. The van der Waals surface area contributed by atoms with Gasteiger partial charge in [0.25, 0.3) is 0 Å². The highest BCUT2D eigenvalue weighted by atomic mass is 32.2. The fourth-order valence-corrected chi connectivity index (χ4v) is 5.59. The summed E-state index contributed by atoms with van der Waals surface area (Å²) in [6, 6.07) is 6.61. The Kier molecular flexibility index (Phi) is 5.42.